The zero-order valence-corrected chi connectivity index (χ0v) is 10.8. The summed E-state index contributed by atoms with van der Waals surface area (Å²) in [6, 6.07) is 6.65. The molecule has 1 aromatic carbocycles. The molecule has 7 heteroatoms. The Morgan fingerprint density at radius 1 is 1.32 bits per heavy atom. The molecule has 0 bridgehead atoms. The van der Waals surface area contributed by atoms with E-state index < -0.39 is 17.5 Å². The van der Waals surface area contributed by atoms with Crippen molar-refractivity contribution >= 4 is 11.6 Å². The number of hydrogen-bond acceptors (Lipinski definition) is 5. The first-order chi connectivity index (χ1) is 9.04. The molecule has 0 aliphatic carbocycles. The number of aliphatic hydroxyl groups is 1. The Balaban J connectivity index is 3.02. The zero-order valence-electron chi connectivity index (χ0n) is 10.8. The number of aliphatic hydroxyl groups excluding tert-OH is 1. The number of benzene rings is 1. The van der Waals surface area contributed by atoms with E-state index in [1.165, 1.54) is 19.1 Å². The highest BCUT2D eigenvalue weighted by molar-refractivity contribution is 6.06. The quantitative estimate of drug-likeness (QED) is 0.509. The molecule has 19 heavy (non-hydrogen) atoms. The highest BCUT2D eigenvalue weighted by Crippen LogP contribution is 2.20. The molecule has 1 aromatic rings. The molecular formula is C12H14N3O4+. The van der Waals surface area contributed by atoms with E-state index in [9.17, 15) is 9.90 Å². The first kappa shape index (κ1) is 14.3. The van der Waals surface area contributed by atoms with Crippen LogP contribution in [0, 0.1) is 5.39 Å². The first-order valence-electron chi connectivity index (χ1n) is 5.29. The molecule has 1 rings (SSSR count). The third-order valence-electron chi connectivity index (χ3n) is 2.46. The number of hydrogen-bond donors (Lipinski definition) is 1. The van der Waals surface area contributed by atoms with Crippen LogP contribution in [0.15, 0.2) is 35.9 Å². The first-order valence-corrected chi connectivity index (χ1v) is 5.29. The number of methoxy groups -OCH3 is 2. The molecule has 0 aliphatic rings. The van der Waals surface area contributed by atoms with Crippen molar-refractivity contribution in [2.24, 2.45) is 0 Å². The van der Waals surface area contributed by atoms with Gasteiger partial charge in [0.25, 0.3) is 0 Å². The summed E-state index contributed by atoms with van der Waals surface area (Å²) in [4.78, 5) is 15.9. The molecule has 7 nitrogen and oxygen atoms in total. The molecule has 1 N–H and O–H groups in total. The fraction of sp³-hybridized carbons (Fsp3) is 0.250. The summed E-state index contributed by atoms with van der Waals surface area (Å²) in [5.74, 6) is -0.827. The third-order valence-corrected chi connectivity index (χ3v) is 2.46. The zero-order chi connectivity index (χ0) is 14.4. The lowest BCUT2D eigenvalue weighted by Crippen LogP contribution is -2.27. The lowest BCUT2D eigenvalue weighted by atomic mass is 10.2. The van der Waals surface area contributed by atoms with E-state index in [1.54, 1.807) is 24.3 Å². The summed E-state index contributed by atoms with van der Waals surface area (Å²) in [6.07, 6.45) is 0. The minimum atomic E-state index is -0.757. The second-order valence-electron chi connectivity index (χ2n) is 3.52. The number of carbonyl (C=O) groups is 1. The van der Waals surface area contributed by atoms with Crippen LogP contribution in [0.3, 0.4) is 0 Å². The summed E-state index contributed by atoms with van der Waals surface area (Å²) in [5, 5.41) is 18.0. The minimum absolute atomic E-state index is 0.538. The Hall–Kier alpha value is -2.75. The highest BCUT2D eigenvalue weighted by Gasteiger charge is 2.34. The Bertz CT molecular complexity index is 531. The van der Waals surface area contributed by atoms with Crippen molar-refractivity contribution in [2.75, 3.05) is 26.2 Å². The number of amides is 1. The van der Waals surface area contributed by atoms with E-state index in [0.717, 1.165) is 7.11 Å². The van der Waals surface area contributed by atoms with Crippen LogP contribution in [0.1, 0.15) is 0 Å². The fourth-order valence-corrected chi connectivity index (χ4v) is 1.36. The molecule has 0 heterocycles. The lowest BCUT2D eigenvalue weighted by molar-refractivity contribution is -0.115. The number of anilines is 1. The van der Waals surface area contributed by atoms with Crippen LogP contribution in [-0.2, 0) is 9.53 Å². The van der Waals surface area contributed by atoms with Crippen LogP contribution in [0.4, 0.5) is 5.69 Å². The number of diazo groups is 1. The van der Waals surface area contributed by atoms with Gasteiger partial charge in [-0.2, -0.15) is 0 Å². The van der Waals surface area contributed by atoms with Gasteiger partial charge < -0.3 is 19.5 Å². The molecule has 0 spiro atoms. The monoisotopic (exact) mass is 264 g/mol. The van der Waals surface area contributed by atoms with Gasteiger partial charge in [-0.3, -0.25) is 4.79 Å². The summed E-state index contributed by atoms with van der Waals surface area (Å²) in [6.45, 7) is 0. The smallest absolute Gasteiger partial charge is 0.497 e. The van der Waals surface area contributed by atoms with E-state index >= 15 is 0 Å². The normalized spacial score (nSPS) is 11.1. The molecule has 100 valence electrons. The van der Waals surface area contributed by atoms with Crippen molar-refractivity contribution in [2.45, 2.75) is 0 Å². The van der Waals surface area contributed by atoms with Gasteiger partial charge in [0.2, 0.25) is 5.39 Å². The predicted octanol–water partition coefficient (Wildman–Crippen LogP) is 1.88. The molecule has 1 amide bonds. The van der Waals surface area contributed by atoms with Crippen molar-refractivity contribution in [1.82, 2.24) is 0 Å². The molecule has 0 radical (unpaired) electrons. The van der Waals surface area contributed by atoms with Gasteiger partial charge in [-0.05, 0) is 24.3 Å². The SMILES string of the molecule is CO/C(O)=C(/[N+]#N)C(=O)N(C)c1ccc(OC)cc1. The Morgan fingerprint density at radius 3 is 2.32 bits per heavy atom. The molecular weight excluding hydrogens is 250 g/mol. The maximum atomic E-state index is 12.0. The van der Waals surface area contributed by atoms with Gasteiger partial charge >= 0.3 is 17.5 Å². The molecule has 0 atom stereocenters. The average molecular weight is 264 g/mol. The number of carbonyl (C=O) groups excluding carboxylic acids is 1. The summed E-state index contributed by atoms with van der Waals surface area (Å²) >= 11 is 0. The largest absolute Gasteiger partial charge is 0.527 e. The Labute approximate surface area is 110 Å². The number of likely N-dealkylation sites (N-methyl/N-ethyl adjacent to an activating group) is 1. The molecule has 0 aliphatic heterocycles. The van der Waals surface area contributed by atoms with Gasteiger partial charge in [0.1, 0.15) is 5.75 Å². The van der Waals surface area contributed by atoms with Gasteiger partial charge in [0, 0.05) is 12.7 Å². The Morgan fingerprint density at radius 2 is 1.89 bits per heavy atom. The third kappa shape index (κ3) is 3.13. The molecule has 0 saturated carbocycles. The van der Waals surface area contributed by atoms with Crippen molar-refractivity contribution in [3.63, 3.8) is 0 Å². The van der Waals surface area contributed by atoms with Gasteiger partial charge in [-0.25, -0.2) is 0 Å². The van der Waals surface area contributed by atoms with Gasteiger partial charge in [-0.15, -0.1) is 0 Å². The summed E-state index contributed by atoms with van der Waals surface area (Å²) in [5.41, 5.74) is -0.0447. The maximum absolute atomic E-state index is 12.0. The summed E-state index contributed by atoms with van der Waals surface area (Å²) < 4.78 is 9.46. The van der Waals surface area contributed by atoms with Crippen LogP contribution >= 0.6 is 0 Å². The average Bonchev–Trinajstić information content (AvgIpc) is 2.46. The van der Waals surface area contributed by atoms with Gasteiger partial charge in [0.15, 0.2) is 4.98 Å². The number of nitrogens with zero attached hydrogens (tertiary/aromatic N) is 3. The van der Waals surface area contributed by atoms with E-state index in [-0.39, 0.29) is 0 Å². The standard InChI is InChI=1S/C12H13N3O4/c1-15(8-4-6-9(18-2)7-5-8)11(16)10(14-13)12(17)19-3/h4-7H,1-3H3/p+1. The molecule has 0 fully saturated rings. The van der Waals surface area contributed by atoms with Crippen molar-refractivity contribution in [3.8, 4) is 5.75 Å². The topological polar surface area (TPSA) is 87.2 Å². The molecule has 0 saturated heterocycles. The number of ether oxygens (including phenoxy) is 2. The minimum Gasteiger partial charge on any atom is -0.497 e. The van der Waals surface area contributed by atoms with Crippen LogP contribution < -0.4 is 9.64 Å². The van der Waals surface area contributed by atoms with Crippen LogP contribution in [0.2, 0.25) is 0 Å². The van der Waals surface area contributed by atoms with E-state index in [0.29, 0.717) is 11.4 Å². The fourth-order valence-electron chi connectivity index (χ4n) is 1.36. The number of rotatable bonds is 4. The second kappa shape index (κ2) is 6.26. The second-order valence-corrected chi connectivity index (χ2v) is 3.52. The van der Waals surface area contributed by atoms with E-state index in [4.69, 9.17) is 10.1 Å². The van der Waals surface area contributed by atoms with Crippen LogP contribution in [-0.4, -0.2) is 32.3 Å². The Kier molecular flexibility index (Phi) is 4.71. The highest BCUT2D eigenvalue weighted by atomic mass is 16.6. The van der Waals surface area contributed by atoms with E-state index in [2.05, 4.69) is 9.71 Å². The predicted molar refractivity (Wildman–Crippen MR) is 68.2 cm³/mol. The van der Waals surface area contributed by atoms with Crippen LogP contribution in [0.5, 0.6) is 5.75 Å². The van der Waals surface area contributed by atoms with Crippen molar-refractivity contribution in [1.29, 1.82) is 5.39 Å². The van der Waals surface area contributed by atoms with Crippen LogP contribution in [0.25, 0.3) is 4.98 Å². The molecule has 0 unspecified atom stereocenters. The van der Waals surface area contributed by atoms with Gasteiger partial charge in [0.05, 0.1) is 14.2 Å². The maximum Gasteiger partial charge on any atom is 0.527 e. The lowest BCUT2D eigenvalue weighted by Gasteiger charge is -2.14. The van der Waals surface area contributed by atoms with Crippen molar-refractivity contribution < 1.29 is 19.4 Å². The molecule has 0 aromatic heterocycles. The van der Waals surface area contributed by atoms with Crippen molar-refractivity contribution in [3.05, 3.63) is 40.9 Å². The van der Waals surface area contributed by atoms with Gasteiger partial charge in [-0.1, -0.05) is 0 Å². The summed E-state index contributed by atoms with van der Waals surface area (Å²) in [7, 11) is 4.16. The van der Waals surface area contributed by atoms with E-state index in [1.807, 2.05) is 0 Å².